The molecule has 1 aliphatic rings. The second kappa shape index (κ2) is 10.4. The molecule has 0 aliphatic heterocycles. The third-order valence-corrected chi connectivity index (χ3v) is 5.71. The van der Waals surface area contributed by atoms with Crippen molar-refractivity contribution in [3.05, 3.63) is 77.1 Å². The van der Waals surface area contributed by atoms with Crippen LogP contribution in [0.25, 0.3) is 11.3 Å². The lowest BCUT2D eigenvalue weighted by molar-refractivity contribution is -0.137. The van der Waals surface area contributed by atoms with Crippen LogP contribution in [0.3, 0.4) is 0 Å². The third-order valence-electron chi connectivity index (χ3n) is 5.71. The number of aliphatic hydroxyl groups is 2. The van der Waals surface area contributed by atoms with Gasteiger partial charge in [-0.1, -0.05) is 18.2 Å². The van der Waals surface area contributed by atoms with E-state index in [9.17, 15) is 23.1 Å². The zero-order chi connectivity index (χ0) is 25.0. The molecule has 0 saturated heterocycles. The minimum Gasteiger partial charge on any atom is -0.474 e. The van der Waals surface area contributed by atoms with Crippen molar-refractivity contribution in [2.24, 2.45) is 0 Å². The van der Waals surface area contributed by atoms with Crippen LogP contribution in [-0.4, -0.2) is 45.4 Å². The summed E-state index contributed by atoms with van der Waals surface area (Å²) in [5, 5.41) is 21.4. The fourth-order valence-corrected chi connectivity index (χ4v) is 3.95. The number of carbonyl (C=O) groups excluding carboxylic acids is 1. The van der Waals surface area contributed by atoms with Gasteiger partial charge in [-0.3, -0.25) is 9.78 Å². The summed E-state index contributed by atoms with van der Waals surface area (Å²) in [6.45, 7) is -0.727. The van der Waals surface area contributed by atoms with Gasteiger partial charge in [0.1, 0.15) is 18.3 Å². The van der Waals surface area contributed by atoms with Crippen molar-refractivity contribution in [3.8, 4) is 17.1 Å². The topological polar surface area (TPSA) is 105 Å². The summed E-state index contributed by atoms with van der Waals surface area (Å²) in [4.78, 5) is 21.8. The summed E-state index contributed by atoms with van der Waals surface area (Å²) in [6, 6.07) is 11.2. The Balaban J connectivity index is 1.58. The molecule has 0 spiro atoms. The minimum absolute atomic E-state index is 0.0132. The number of nitrogens with one attached hydrogen (secondary N) is 1. The first-order chi connectivity index (χ1) is 16.8. The van der Waals surface area contributed by atoms with E-state index in [0.29, 0.717) is 23.4 Å². The number of aliphatic hydroxyl groups excluding tert-OH is 2. The largest absolute Gasteiger partial charge is 0.474 e. The Kier molecular flexibility index (Phi) is 7.32. The fourth-order valence-electron chi connectivity index (χ4n) is 3.95. The van der Waals surface area contributed by atoms with E-state index >= 15 is 0 Å². The van der Waals surface area contributed by atoms with Crippen molar-refractivity contribution in [3.63, 3.8) is 0 Å². The molecule has 35 heavy (non-hydrogen) atoms. The highest BCUT2D eigenvalue weighted by Gasteiger charge is 2.31. The monoisotopic (exact) mass is 487 g/mol. The molecule has 1 aromatic carbocycles. The van der Waals surface area contributed by atoms with Gasteiger partial charge in [0.15, 0.2) is 0 Å². The molecule has 1 amide bonds. The number of pyridine rings is 2. The van der Waals surface area contributed by atoms with E-state index in [-0.39, 0.29) is 18.1 Å². The van der Waals surface area contributed by atoms with Crippen LogP contribution in [-0.2, 0) is 12.6 Å². The van der Waals surface area contributed by atoms with Crippen LogP contribution in [0, 0.1) is 0 Å². The molecule has 184 valence electrons. The summed E-state index contributed by atoms with van der Waals surface area (Å²) in [5.74, 6) is -0.449. The van der Waals surface area contributed by atoms with E-state index in [4.69, 9.17) is 9.84 Å². The number of aromatic nitrogens is 2. The molecule has 3 aromatic rings. The summed E-state index contributed by atoms with van der Waals surface area (Å²) in [7, 11) is 0. The average Bonchev–Trinajstić information content (AvgIpc) is 2.87. The second-order valence-electron chi connectivity index (χ2n) is 8.24. The first-order valence-corrected chi connectivity index (χ1v) is 11.1. The quantitative estimate of drug-likeness (QED) is 0.470. The zero-order valence-electron chi connectivity index (χ0n) is 18.6. The lowest BCUT2D eigenvalue weighted by Crippen LogP contribution is -2.32. The van der Waals surface area contributed by atoms with E-state index in [1.54, 1.807) is 18.2 Å². The molecule has 3 N–H and O–H groups in total. The number of aryl methyl sites for hydroxylation is 1. The maximum absolute atomic E-state index is 13.2. The third kappa shape index (κ3) is 5.77. The number of nitrogens with zero attached hydrogens (tertiary/aromatic N) is 2. The molecule has 2 unspecified atom stereocenters. The normalized spacial score (nSPS) is 16.3. The number of alkyl halides is 3. The summed E-state index contributed by atoms with van der Waals surface area (Å²) in [5.41, 5.74) is 1.66. The number of ether oxygens (including phenoxy) is 1. The molecule has 1 aliphatic carbocycles. The van der Waals surface area contributed by atoms with Gasteiger partial charge in [-0.15, -0.1) is 0 Å². The number of halogens is 3. The van der Waals surface area contributed by atoms with Crippen LogP contribution in [0.4, 0.5) is 13.2 Å². The van der Waals surface area contributed by atoms with Gasteiger partial charge in [0, 0.05) is 11.8 Å². The van der Waals surface area contributed by atoms with Crippen LogP contribution in [0.1, 0.15) is 46.1 Å². The summed E-state index contributed by atoms with van der Waals surface area (Å²) in [6.07, 6.45) is -1.97. The van der Waals surface area contributed by atoms with Crippen molar-refractivity contribution in [1.29, 1.82) is 0 Å². The molecule has 10 heteroatoms. The predicted octanol–water partition coefficient (Wildman–Crippen LogP) is 3.70. The van der Waals surface area contributed by atoms with Crippen molar-refractivity contribution < 1.29 is 32.9 Å². The number of hydrogen-bond donors (Lipinski definition) is 3. The molecule has 0 fully saturated rings. The number of amides is 1. The van der Waals surface area contributed by atoms with Crippen molar-refractivity contribution in [2.45, 2.75) is 37.6 Å². The highest BCUT2D eigenvalue weighted by molar-refractivity contribution is 5.96. The first kappa shape index (κ1) is 24.6. The minimum atomic E-state index is -4.46. The average molecular weight is 487 g/mol. The van der Waals surface area contributed by atoms with E-state index < -0.39 is 36.4 Å². The van der Waals surface area contributed by atoms with Crippen molar-refractivity contribution in [1.82, 2.24) is 15.3 Å². The lowest BCUT2D eigenvalue weighted by Gasteiger charge is -2.26. The fraction of sp³-hybridized carbons (Fsp3) is 0.320. The van der Waals surface area contributed by atoms with Gasteiger partial charge in [-0.05, 0) is 55.2 Å². The maximum atomic E-state index is 13.2. The summed E-state index contributed by atoms with van der Waals surface area (Å²) < 4.78 is 44.9. The number of carbonyl (C=O) groups is 1. The molecule has 0 radical (unpaired) electrons. The van der Waals surface area contributed by atoms with Crippen LogP contribution in [0.15, 0.2) is 54.7 Å². The van der Waals surface area contributed by atoms with Gasteiger partial charge < -0.3 is 20.3 Å². The molecule has 0 bridgehead atoms. The maximum Gasteiger partial charge on any atom is 0.416 e. The number of hydrogen-bond acceptors (Lipinski definition) is 6. The van der Waals surface area contributed by atoms with Crippen molar-refractivity contribution in [2.75, 3.05) is 13.2 Å². The standard InChI is InChI=1S/C25H24F3N3O4/c26-25(27,28)17-6-1-5-16(12-17)20-10-9-15-4-2-8-21(22(15)30-20)31-23(34)19-7-3-11-29-24(19)35-14-18(33)13-32/h1,3,5-7,9-12,18,21,32-33H,2,4,8,13-14H2,(H,31,34). The Bertz CT molecular complexity index is 1200. The van der Waals surface area contributed by atoms with Gasteiger partial charge in [0.2, 0.25) is 5.88 Å². The van der Waals surface area contributed by atoms with Crippen LogP contribution < -0.4 is 10.1 Å². The predicted molar refractivity (Wildman–Crippen MR) is 121 cm³/mol. The van der Waals surface area contributed by atoms with Gasteiger partial charge in [0.05, 0.1) is 29.6 Å². The van der Waals surface area contributed by atoms with Crippen LogP contribution in [0.2, 0.25) is 0 Å². The second-order valence-corrected chi connectivity index (χ2v) is 8.24. The van der Waals surface area contributed by atoms with Gasteiger partial charge in [-0.2, -0.15) is 13.2 Å². The van der Waals surface area contributed by atoms with Gasteiger partial charge >= 0.3 is 6.18 Å². The molecule has 2 heterocycles. The van der Waals surface area contributed by atoms with Crippen LogP contribution >= 0.6 is 0 Å². The van der Waals surface area contributed by atoms with E-state index in [0.717, 1.165) is 30.5 Å². The Morgan fingerprint density at radius 1 is 1.20 bits per heavy atom. The molecule has 2 atom stereocenters. The van der Waals surface area contributed by atoms with E-state index in [1.165, 1.54) is 18.3 Å². The highest BCUT2D eigenvalue weighted by atomic mass is 19.4. The Labute approximate surface area is 199 Å². The molecule has 2 aromatic heterocycles. The Morgan fingerprint density at radius 2 is 2.03 bits per heavy atom. The summed E-state index contributed by atoms with van der Waals surface area (Å²) >= 11 is 0. The molecule has 0 saturated carbocycles. The highest BCUT2D eigenvalue weighted by Crippen LogP contribution is 2.34. The number of benzene rings is 1. The van der Waals surface area contributed by atoms with Gasteiger partial charge in [-0.25, -0.2) is 4.98 Å². The van der Waals surface area contributed by atoms with E-state index in [1.807, 2.05) is 6.07 Å². The molecular formula is C25H24F3N3O4. The SMILES string of the molecule is O=C(NC1CCCc2ccc(-c3cccc(C(F)(F)F)c3)nc21)c1cccnc1OCC(O)CO. The molecular weight excluding hydrogens is 463 g/mol. The van der Waals surface area contributed by atoms with E-state index in [2.05, 4.69) is 15.3 Å². The Morgan fingerprint density at radius 3 is 2.80 bits per heavy atom. The molecule has 7 nitrogen and oxygen atoms in total. The smallest absolute Gasteiger partial charge is 0.416 e. The van der Waals surface area contributed by atoms with Crippen molar-refractivity contribution >= 4 is 5.91 Å². The number of rotatable bonds is 7. The van der Waals surface area contributed by atoms with Gasteiger partial charge in [0.25, 0.3) is 5.91 Å². The zero-order valence-corrected chi connectivity index (χ0v) is 18.6. The lowest BCUT2D eigenvalue weighted by atomic mass is 9.90. The Hall–Kier alpha value is -3.50. The van der Waals surface area contributed by atoms with Crippen LogP contribution in [0.5, 0.6) is 5.88 Å². The molecule has 4 rings (SSSR count). The number of fused-ring (bicyclic) bond motifs is 1. The first-order valence-electron chi connectivity index (χ1n) is 11.1.